The molecule has 1 N–H and O–H groups in total. The van der Waals surface area contributed by atoms with Gasteiger partial charge in [0.1, 0.15) is 17.2 Å². The smallest absolute Gasteiger partial charge is 0.257 e. The van der Waals surface area contributed by atoms with Crippen molar-refractivity contribution in [2.24, 2.45) is 0 Å². The number of aromatic nitrogens is 1. The van der Waals surface area contributed by atoms with Crippen molar-refractivity contribution in [2.75, 3.05) is 26.1 Å². The number of thiazole rings is 1. The molecule has 6 nitrogen and oxygen atoms in total. The maximum absolute atomic E-state index is 12.6. The van der Waals surface area contributed by atoms with Gasteiger partial charge in [0.25, 0.3) is 5.91 Å². The fraction of sp³-hybridized carbons (Fsp3) is 0.304. The highest BCUT2D eigenvalue weighted by Gasteiger charge is 2.14. The number of carbonyl (C=O) groups is 1. The highest BCUT2D eigenvalue weighted by Crippen LogP contribution is 2.35. The van der Waals surface area contributed by atoms with Crippen molar-refractivity contribution in [2.45, 2.75) is 26.2 Å². The van der Waals surface area contributed by atoms with Crippen molar-refractivity contribution >= 4 is 22.4 Å². The zero-order valence-corrected chi connectivity index (χ0v) is 18.3. The third-order valence-electron chi connectivity index (χ3n) is 4.54. The van der Waals surface area contributed by atoms with E-state index in [1.807, 2.05) is 35.7 Å². The Morgan fingerprint density at radius 2 is 1.80 bits per heavy atom. The molecule has 0 unspecified atom stereocenters. The van der Waals surface area contributed by atoms with Crippen molar-refractivity contribution in [3.63, 3.8) is 0 Å². The van der Waals surface area contributed by atoms with Crippen LogP contribution in [0.15, 0.2) is 47.8 Å². The van der Waals surface area contributed by atoms with Crippen molar-refractivity contribution in [1.82, 2.24) is 4.98 Å². The molecule has 0 fully saturated rings. The van der Waals surface area contributed by atoms with Gasteiger partial charge in [0.15, 0.2) is 5.13 Å². The van der Waals surface area contributed by atoms with E-state index in [9.17, 15) is 4.79 Å². The molecular weight excluding hydrogens is 400 g/mol. The zero-order chi connectivity index (χ0) is 21.3. The number of methoxy groups -OCH3 is 2. The standard InChI is InChI=1S/C23H26N2O4S/c1-4-5-6-13-29-17-9-7-16(8-10-17)22(26)25-23-24-20(15-30-23)19-14-18(27-2)11-12-21(19)28-3/h7-12,14-15H,4-6,13H2,1-3H3,(H,24,25,26). The van der Waals surface area contributed by atoms with Gasteiger partial charge in [-0.25, -0.2) is 4.98 Å². The lowest BCUT2D eigenvalue weighted by Gasteiger charge is -2.08. The summed E-state index contributed by atoms with van der Waals surface area (Å²) in [6.45, 7) is 2.85. The lowest BCUT2D eigenvalue weighted by molar-refractivity contribution is 0.102. The van der Waals surface area contributed by atoms with E-state index in [-0.39, 0.29) is 5.91 Å². The second-order valence-electron chi connectivity index (χ2n) is 6.64. The molecule has 0 atom stereocenters. The van der Waals surface area contributed by atoms with E-state index in [1.165, 1.54) is 11.3 Å². The number of benzene rings is 2. The normalized spacial score (nSPS) is 10.5. The molecule has 3 rings (SSSR count). The van der Waals surface area contributed by atoms with E-state index in [0.717, 1.165) is 30.6 Å². The van der Waals surface area contributed by atoms with Crippen LogP contribution in [0.3, 0.4) is 0 Å². The minimum atomic E-state index is -0.217. The Bertz CT molecular complexity index is 970. The van der Waals surface area contributed by atoms with Crippen molar-refractivity contribution in [1.29, 1.82) is 0 Å². The molecular formula is C23H26N2O4S. The summed E-state index contributed by atoms with van der Waals surface area (Å²) in [7, 11) is 3.22. The van der Waals surface area contributed by atoms with Crippen LogP contribution in [-0.4, -0.2) is 31.7 Å². The Morgan fingerprint density at radius 3 is 2.50 bits per heavy atom. The topological polar surface area (TPSA) is 69.7 Å². The summed E-state index contributed by atoms with van der Waals surface area (Å²) in [4.78, 5) is 17.1. The van der Waals surface area contributed by atoms with Gasteiger partial charge in [-0.3, -0.25) is 10.1 Å². The summed E-state index contributed by atoms with van der Waals surface area (Å²) >= 11 is 1.35. The quantitative estimate of drug-likeness (QED) is 0.424. The Morgan fingerprint density at radius 1 is 1.03 bits per heavy atom. The first kappa shape index (κ1) is 21.6. The predicted octanol–water partition coefficient (Wildman–Crippen LogP) is 5.65. The number of carbonyl (C=O) groups excluding carboxylic acids is 1. The maximum Gasteiger partial charge on any atom is 0.257 e. The molecule has 3 aromatic rings. The molecule has 0 saturated carbocycles. The number of nitrogens with zero attached hydrogens (tertiary/aromatic N) is 1. The Labute approximate surface area is 180 Å². The van der Waals surface area contributed by atoms with Crippen LogP contribution in [0.1, 0.15) is 36.5 Å². The van der Waals surface area contributed by atoms with Crippen LogP contribution in [0.5, 0.6) is 17.2 Å². The number of unbranched alkanes of at least 4 members (excludes halogenated alkanes) is 2. The van der Waals surface area contributed by atoms with Crippen molar-refractivity contribution < 1.29 is 19.0 Å². The van der Waals surface area contributed by atoms with E-state index in [1.54, 1.807) is 26.4 Å². The van der Waals surface area contributed by atoms with E-state index in [4.69, 9.17) is 14.2 Å². The molecule has 158 valence electrons. The van der Waals surface area contributed by atoms with E-state index in [0.29, 0.717) is 34.5 Å². The van der Waals surface area contributed by atoms with Gasteiger partial charge in [0, 0.05) is 16.5 Å². The molecule has 0 aliphatic heterocycles. The second kappa shape index (κ2) is 10.6. The lowest BCUT2D eigenvalue weighted by Crippen LogP contribution is -2.11. The van der Waals surface area contributed by atoms with E-state index in [2.05, 4.69) is 17.2 Å². The summed E-state index contributed by atoms with van der Waals surface area (Å²) in [5.41, 5.74) is 2.06. The minimum Gasteiger partial charge on any atom is -0.497 e. The molecule has 2 aromatic carbocycles. The molecule has 0 spiro atoms. The molecule has 1 aromatic heterocycles. The fourth-order valence-corrected chi connectivity index (χ4v) is 3.59. The second-order valence-corrected chi connectivity index (χ2v) is 7.50. The average Bonchev–Trinajstić information content (AvgIpc) is 3.25. The number of ether oxygens (including phenoxy) is 3. The number of nitrogens with one attached hydrogen (secondary N) is 1. The fourth-order valence-electron chi connectivity index (χ4n) is 2.88. The summed E-state index contributed by atoms with van der Waals surface area (Å²) < 4.78 is 16.4. The van der Waals surface area contributed by atoms with E-state index < -0.39 is 0 Å². The van der Waals surface area contributed by atoms with Gasteiger partial charge in [0.2, 0.25) is 0 Å². The van der Waals surface area contributed by atoms with Gasteiger partial charge in [-0.2, -0.15) is 0 Å². The predicted molar refractivity (Wildman–Crippen MR) is 120 cm³/mol. The number of rotatable bonds is 10. The number of hydrogen-bond acceptors (Lipinski definition) is 6. The highest BCUT2D eigenvalue weighted by molar-refractivity contribution is 7.14. The van der Waals surface area contributed by atoms with Crippen LogP contribution in [-0.2, 0) is 0 Å². The summed E-state index contributed by atoms with van der Waals surface area (Å²) in [6, 6.07) is 12.7. The van der Waals surface area contributed by atoms with Crippen LogP contribution >= 0.6 is 11.3 Å². The van der Waals surface area contributed by atoms with Crippen LogP contribution in [0.2, 0.25) is 0 Å². The monoisotopic (exact) mass is 426 g/mol. The van der Waals surface area contributed by atoms with Crippen molar-refractivity contribution in [3.05, 3.63) is 53.4 Å². The van der Waals surface area contributed by atoms with Crippen LogP contribution in [0.25, 0.3) is 11.3 Å². The first-order chi connectivity index (χ1) is 14.6. The molecule has 0 bridgehead atoms. The molecule has 1 heterocycles. The first-order valence-corrected chi connectivity index (χ1v) is 10.7. The molecule has 7 heteroatoms. The number of amides is 1. The van der Waals surface area contributed by atoms with Gasteiger partial charge < -0.3 is 14.2 Å². The van der Waals surface area contributed by atoms with Gasteiger partial charge in [0.05, 0.1) is 26.5 Å². The Kier molecular flexibility index (Phi) is 7.68. The molecule has 0 saturated heterocycles. The Balaban J connectivity index is 1.65. The van der Waals surface area contributed by atoms with Gasteiger partial charge >= 0.3 is 0 Å². The summed E-state index contributed by atoms with van der Waals surface area (Å²) in [6.07, 6.45) is 3.34. The largest absolute Gasteiger partial charge is 0.497 e. The van der Waals surface area contributed by atoms with Gasteiger partial charge in [-0.05, 0) is 48.9 Å². The Hall–Kier alpha value is -3.06. The third kappa shape index (κ3) is 5.51. The first-order valence-electron chi connectivity index (χ1n) is 9.86. The third-order valence-corrected chi connectivity index (χ3v) is 5.30. The van der Waals surface area contributed by atoms with Crippen molar-refractivity contribution in [3.8, 4) is 28.5 Å². The molecule has 30 heavy (non-hydrogen) atoms. The molecule has 1 amide bonds. The number of anilines is 1. The molecule has 0 aliphatic rings. The van der Waals surface area contributed by atoms with E-state index >= 15 is 0 Å². The molecule has 0 aliphatic carbocycles. The summed E-state index contributed by atoms with van der Waals surface area (Å²) in [5, 5.41) is 5.24. The van der Waals surface area contributed by atoms with Gasteiger partial charge in [-0.15, -0.1) is 11.3 Å². The van der Waals surface area contributed by atoms with Crippen LogP contribution in [0.4, 0.5) is 5.13 Å². The highest BCUT2D eigenvalue weighted by atomic mass is 32.1. The molecule has 0 radical (unpaired) electrons. The van der Waals surface area contributed by atoms with Crippen LogP contribution < -0.4 is 19.5 Å². The average molecular weight is 427 g/mol. The summed E-state index contributed by atoms with van der Waals surface area (Å²) in [5.74, 6) is 1.95. The van der Waals surface area contributed by atoms with Crippen LogP contribution in [0, 0.1) is 0 Å². The SMILES string of the molecule is CCCCCOc1ccc(C(=O)Nc2nc(-c3cc(OC)ccc3OC)cs2)cc1. The van der Waals surface area contributed by atoms with Gasteiger partial charge in [-0.1, -0.05) is 19.8 Å². The maximum atomic E-state index is 12.6. The minimum absolute atomic E-state index is 0.217. The lowest BCUT2D eigenvalue weighted by atomic mass is 10.1. The zero-order valence-electron chi connectivity index (χ0n) is 17.4. The number of hydrogen-bond donors (Lipinski definition) is 1.